The maximum absolute atomic E-state index is 12.5. The Hall–Kier alpha value is -0.730. The van der Waals surface area contributed by atoms with Crippen LogP contribution >= 0.6 is 22.6 Å². The van der Waals surface area contributed by atoms with Gasteiger partial charge in [0.1, 0.15) is 16.7 Å². The van der Waals surface area contributed by atoms with Crippen molar-refractivity contribution in [3.05, 3.63) is 24.3 Å². The van der Waals surface area contributed by atoms with E-state index in [9.17, 15) is 19.4 Å². The lowest BCUT2D eigenvalue weighted by molar-refractivity contribution is 0.100. The molecule has 1 aliphatic rings. The Balaban J connectivity index is 0.00000180. The standard InChI is InChI=1S/C10H12F5NOS.ClH/c11-18(12,13,14,15)10-3-1-2-8(6-10)17-9-4-7(16)5-9;/h1-3,6-7,9H,4-5,16H2;1H. The highest BCUT2D eigenvalue weighted by Gasteiger charge is 2.65. The predicted octanol–water partition coefficient (Wildman–Crippen LogP) is 4.63. The van der Waals surface area contributed by atoms with Gasteiger partial charge in [0.25, 0.3) is 0 Å². The summed E-state index contributed by atoms with van der Waals surface area (Å²) in [4.78, 5) is -1.93. The molecule has 19 heavy (non-hydrogen) atoms. The lowest BCUT2D eigenvalue weighted by Gasteiger charge is -2.40. The summed E-state index contributed by atoms with van der Waals surface area (Å²) < 4.78 is 67.9. The first-order chi connectivity index (χ1) is 7.94. The molecule has 0 heterocycles. The first-order valence-corrected chi connectivity index (χ1v) is 7.15. The average Bonchev–Trinajstić information content (AvgIpc) is 2.12. The van der Waals surface area contributed by atoms with Crippen LogP contribution in [-0.2, 0) is 0 Å². The molecule has 0 bridgehead atoms. The highest BCUT2D eigenvalue weighted by atomic mass is 35.5. The fourth-order valence-electron chi connectivity index (χ4n) is 1.68. The van der Waals surface area contributed by atoms with Gasteiger partial charge in [0, 0.05) is 12.1 Å². The van der Waals surface area contributed by atoms with Gasteiger partial charge in [0.15, 0.2) is 0 Å². The quantitative estimate of drug-likeness (QED) is 0.822. The molecule has 0 atom stereocenters. The molecular weight excluding hydrogens is 313 g/mol. The van der Waals surface area contributed by atoms with Crippen molar-refractivity contribution < 1.29 is 24.2 Å². The van der Waals surface area contributed by atoms with Crippen molar-refractivity contribution in [2.24, 2.45) is 5.73 Å². The molecule has 1 fully saturated rings. The summed E-state index contributed by atoms with van der Waals surface area (Å²) in [5, 5.41) is 0. The Bertz CT molecular complexity index is 474. The number of hydrogen-bond donors (Lipinski definition) is 1. The van der Waals surface area contributed by atoms with Crippen LogP contribution in [0.4, 0.5) is 19.4 Å². The van der Waals surface area contributed by atoms with Gasteiger partial charge >= 0.3 is 10.2 Å². The van der Waals surface area contributed by atoms with Gasteiger partial charge in [0.05, 0.1) is 0 Å². The lowest BCUT2D eigenvalue weighted by Crippen LogP contribution is -2.43. The maximum atomic E-state index is 12.5. The normalized spacial score (nSPS) is 26.4. The average molecular weight is 326 g/mol. The first-order valence-electron chi connectivity index (χ1n) is 5.20. The van der Waals surface area contributed by atoms with Gasteiger partial charge in [0.2, 0.25) is 0 Å². The molecule has 112 valence electrons. The van der Waals surface area contributed by atoms with Gasteiger partial charge in [-0.15, -0.1) is 12.4 Å². The number of hydrogen-bond acceptors (Lipinski definition) is 2. The molecule has 1 aromatic carbocycles. The zero-order chi connectivity index (χ0) is 13.7. The van der Waals surface area contributed by atoms with Crippen molar-refractivity contribution >= 4 is 22.6 Å². The monoisotopic (exact) mass is 325 g/mol. The summed E-state index contributed by atoms with van der Waals surface area (Å²) in [7, 11) is -9.63. The van der Waals surface area contributed by atoms with E-state index in [1.165, 1.54) is 6.07 Å². The molecule has 1 aromatic rings. The van der Waals surface area contributed by atoms with Crippen molar-refractivity contribution in [1.29, 1.82) is 0 Å². The van der Waals surface area contributed by atoms with Crippen molar-refractivity contribution in [3.8, 4) is 5.75 Å². The minimum absolute atomic E-state index is 0. The number of benzene rings is 1. The summed E-state index contributed by atoms with van der Waals surface area (Å²) in [6.07, 6.45) is 0.732. The third kappa shape index (κ3) is 4.12. The van der Waals surface area contributed by atoms with Crippen LogP contribution in [0.25, 0.3) is 0 Å². The lowest BCUT2D eigenvalue weighted by atomic mass is 9.90. The molecule has 0 amide bonds. The molecular formula is C10H13ClF5NOS. The molecule has 0 aromatic heterocycles. The second-order valence-electron chi connectivity index (χ2n) is 4.42. The van der Waals surface area contributed by atoms with E-state index in [0.717, 1.165) is 6.07 Å². The van der Waals surface area contributed by atoms with E-state index in [4.69, 9.17) is 10.5 Å². The van der Waals surface area contributed by atoms with Gasteiger partial charge in [-0.2, -0.15) is 0 Å². The molecule has 2 N–H and O–H groups in total. The molecule has 9 heteroatoms. The minimum atomic E-state index is -9.63. The molecule has 0 aliphatic heterocycles. The van der Waals surface area contributed by atoms with Crippen LogP contribution in [0.15, 0.2) is 29.2 Å². The molecule has 2 nitrogen and oxygen atoms in total. The third-order valence-corrected chi connectivity index (χ3v) is 3.83. The summed E-state index contributed by atoms with van der Waals surface area (Å²) in [5.74, 6) is -0.211. The van der Waals surface area contributed by atoms with Crippen molar-refractivity contribution in [3.63, 3.8) is 0 Å². The first kappa shape index (κ1) is 16.3. The highest BCUT2D eigenvalue weighted by molar-refractivity contribution is 8.45. The second-order valence-corrected chi connectivity index (χ2v) is 6.82. The molecule has 0 unspecified atom stereocenters. The Labute approximate surface area is 113 Å². The number of halogens is 6. The molecule has 0 radical (unpaired) electrons. The molecule has 1 aliphatic carbocycles. The third-order valence-electron chi connectivity index (χ3n) is 2.68. The summed E-state index contributed by atoms with van der Waals surface area (Å²) in [6.45, 7) is 0. The minimum Gasteiger partial charge on any atom is -0.490 e. The zero-order valence-electron chi connectivity index (χ0n) is 9.57. The van der Waals surface area contributed by atoms with Gasteiger partial charge in [-0.1, -0.05) is 25.5 Å². The van der Waals surface area contributed by atoms with Gasteiger partial charge in [-0.25, -0.2) is 0 Å². The zero-order valence-corrected chi connectivity index (χ0v) is 11.2. The SMILES string of the molecule is Cl.NC1CC(Oc2cccc(S(F)(F)(F)(F)F)c2)C1. The van der Waals surface area contributed by atoms with Crippen LogP contribution in [0, 0.1) is 0 Å². The second kappa shape index (κ2) is 4.13. The van der Waals surface area contributed by atoms with E-state index >= 15 is 0 Å². The summed E-state index contributed by atoms with van der Waals surface area (Å²) in [6, 6.07) is 2.78. The van der Waals surface area contributed by atoms with Crippen LogP contribution in [-0.4, -0.2) is 12.1 Å². The number of rotatable bonds is 3. The van der Waals surface area contributed by atoms with Crippen molar-refractivity contribution in [2.45, 2.75) is 29.9 Å². The topological polar surface area (TPSA) is 35.2 Å². The van der Waals surface area contributed by atoms with Gasteiger partial charge in [-0.3, -0.25) is 0 Å². The maximum Gasteiger partial charge on any atom is 0.310 e. The van der Waals surface area contributed by atoms with E-state index < -0.39 is 15.1 Å². The van der Waals surface area contributed by atoms with Crippen LogP contribution < -0.4 is 10.5 Å². The fraction of sp³-hybridized carbons (Fsp3) is 0.400. The summed E-state index contributed by atoms with van der Waals surface area (Å²) in [5.41, 5.74) is 5.49. The fourth-order valence-corrected chi connectivity index (χ4v) is 2.36. The predicted molar refractivity (Wildman–Crippen MR) is 66.7 cm³/mol. The smallest absolute Gasteiger partial charge is 0.310 e. The Kier molecular flexibility index (Phi) is 3.55. The van der Waals surface area contributed by atoms with E-state index in [0.29, 0.717) is 25.0 Å². The Morgan fingerprint density at radius 2 is 1.68 bits per heavy atom. The van der Waals surface area contributed by atoms with Gasteiger partial charge < -0.3 is 10.5 Å². The van der Waals surface area contributed by atoms with Gasteiger partial charge in [-0.05, 0) is 25.0 Å². The number of ether oxygens (including phenoxy) is 1. The largest absolute Gasteiger partial charge is 0.490 e. The Morgan fingerprint density at radius 1 is 1.11 bits per heavy atom. The van der Waals surface area contributed by atoms with E-state index in [-0.39, 0.29) is 30.3 Å². The van der Waals surface area contributed by atoms with Crippen molar-refractivity contribution in [1.82, 2.24) is 0 Å². The molecule has 0 saturated heterocycles. The van der Waals surface area contributed by atoms with E-state index in [1.807, 2.05) is 0 Å². The van der Waals surface area contributed by atoms with Crippen molar-refractivity contribution in [2.75, 3.05) is 0 Å². The van der Waals surface area contributed by atoms with Crippen LogP contribution in [0.5, 0.6) is 5.75 Å². The number of nitrogens with two attached hydrogens (primary N) is 1. The van der Waals surface area contributed by atoms with E-state index in [2.05, 4.69) is 0 Å². The Morgan fingerprint density at radius 3 is 2.16 bits per heavy atom. The van der Waals surface area contributed by atoms with Crippen LogP contribution in [0.1, 0.15) is 12.8 Å². The molecule has 1 saturated carbocycles. The van der Waals surface area contributed by atoms with Crippen LogP contribution in [0.2, 0.25) is 0 Å². The van der Waals surface area contributed by atoms with Crippen LogP contribution in [0.3, 0.4) is 0 Å². The van der Waals surface area contributed by atoms with E-state index in [1.54, 1.807) is 0 Å². The summed E-state index contributed by atoms with van der Waals surface area (Å²) >= 11 is 0. The highest BCUT2D eigenvalue weighted by Crippen LogP contribution is 3.02. The molecule has 0 spiro atoms. The molecule has 2 rings (SSSR count).